The van der Waals surface area contributed by atoms with Crippen molar-refractivity contribution in [1.82, 2.24) is 20.5 Å². The summed E-state index contributed by atoms with van der Waals surface area (Å²) in [5.41, 5.74) is 6.25. The largest absolute Gasteiger partial charge is 0.489 e. The van der Waals surface area contributed by atoms with E-state index < -0.39 is 36.0 Å². The monoisotopic (exact) mass is 888 g/mol. The van der Waals surface area contributed by atoms with Gasteiger partial charge in [0.1, 0.15) is 36.8 Å². The van der Waals surface area contributed by atoms with E-state index in [0.29, 0.717) is 56.7 Å². The molecule has 3 atom stereocenters. The van der Waals surface area contributed by atoms with Gasteiger partial charge in [0, 0.05) is 38.9 Å². The summed E-state index contributed by atoms with van der Waals surface area (Å²) in [6.07, 6.45) is -0.373. The summed E-state index contributed by atoms with van der Waals surface area (Å²) < 4.78 is 24.2. The molecule has 3 heterocycles. The molecule has 2 aliphatic rings. The number of ether oxygens (including phenoxy) is 3. The van der Waals surface area contributed by atoms with E-state index in [1.54, 1.807) is 57.3 Å². The third kappa shape index (κ3) is 9.49. The number of aromatic nitrogens is 1. The molecule has 63 heavy (non-hydrogen) atoms. The Labute approximate surface area is 372 Å². The zero-order chi connectivity index (χ0) is 44.4. The van der Waals surface area contributed by atoms with E-state index in [1.807, 2.05) is 66.7 Å². The van der Waals surface area contributed by atoms with E-state index in [4.69, 9.17) is 41.8 Å². The lowest BCUT2D eigenvalue weighted by atomic mass is 9.91. The van der Waals surface area contributed by atoms with Crippen molar-refractivity contribution in [2.75, 3.05) is 13.7 Å². The molecular formula is C48H42Cl2N4O9. The molecular weight excluding hydrogens is 847 g/mol. The number of aliphatic carboxylic acids is 1. The fourth-order valence-electron chi connectivity index (χ4n) is 7.70. The highest BCUT2D eigenvalue weighted by molar-refractivity contribution is 6.42. The zero-order valence-electron chi connectivity index (χ0n) is 34.4. The molecule has 3 amide bonds. The lowest BCUT2D eigenvalue weighted by Gasteiger charge is -2.37. The van der Waals surface area contributed by atoms with E-state index in [-0.39, 0.29) is 37.6 Å². The number of rotatable bonds is 12. The summed E-state index contributed by atoms with van der Waals surface area (Å²) in [7, 11) is 1.57. The third-order valence-corrected chi connectivity index (χ3v) is 11.8. The average molecular weight is 890 g/mol. The van der Waals surface area contributed by atoms with Crippen LogP contribution in [0, 0.1) is 13.8 Å². The Balaban J connectivity index is 0.978. The molecule has 0 spiro atoms. The van der Waals surface area contributed by atoms with E-state index in [1.165, 1.54) is 4.90 Å². The van der Waals surface area contributed by atoms with Crippen molar-refractivity contribution < 1.29 is 42.9 Å². The van der Waals surface area contributed by atoms with Crippen molar-refractivity contribution in [3.8, 4) is 28.4 Å². The van der Waals surface area contributed by atoms with Crippen LogP contribution in [0.2, 0.25) is 10.0 Å². The number of amides is 3. The van der Waals surface area contributed by atoms with Gasteiger partial charge in [0.05, 0.1) is 10.0 Å². The smallest absolute Gasteiger partial charge is 0.326 e. The maximum Gasteiger partial charge on any atom is 0.326 e. The van der Waals surface area contributed by atoms with Gasteiger partial charge < -0.3 is 39.3 Å². The van der Waals surface area contributed by atoms with Crippen LogP contribution in [-0.2, 0) is 35.6 Å². The topological polar surface area (TPSA) is 170 Å². The van der Waals surface area contributed by atoms with Crippen molar-refractivity contribution in [1.29, 1.82) is 0 Å². The summed E-state index contributed by atoms with van der Waals surface area (Å²) in [6, 6.07) is 28.5. The van der Waals surface area contributed by atoms with Crippen molar-refractivity contribution in [2.24, 2.45) is 0 Å². The first-order chi connectivity index (χ1) is 30.3. The van der Waals surface area contributed by atoms with Gasteiger partial charge in [-0.25, -0.2) is 9.78 Å². The molecule has 0 saturated carbocycles. The minimum absolute atomic E-state index is 0.00702. The number of halogens is 2. The maximum absolute atomic E-state index is 14.2. The van der Waals surface area contributed by atoms with E-state index >= 15 is 0 Å². The van der Waals surface area contributed by atoms with Crippen LogP contribution in [0.1, 0.15) is 66.4 Å². The van der Waals surface area contributed by atoms with Gasteiger partial charge in [-0.05, 0) is 94.4 Å². The van der Waals surface area contributed by atoms with Crippen LogP contribution >= 0.6 is 23.2 Å². The standard InChI is InChI=1S/C48H42Cl2N4O9/c1-26-44(52-27(2)62-26)47(57)54-23-35-22-42-41(61-25-43(63-42)32-13-15-36(16-14-32)60-24-29-6-17-37(49)38(50)18-29)21-34(35)20-40(54)46(56)53-39(48(58)59)19-28-4-7-30(8-5-28)31-9-11-33(12-10-31)45(55)51-3/h4-18,21-22,39-40,43H,19-20,23-25H2,1-3H3,(H,51,55)(H,53,56)(H,58,59)/t39?,40-,43+/m0/s1. The second kappa shape index (κ2) is 18.3. The quantitative estimate of drug-likeness (QED) is 0.109. The number of nitrogens with zero attached hydrogens (tertiary/aromatic N) is 2. The number of carboxylic acid groups (broad SMARTS) is 1. The molecule has 322 valence electrons. The van der Waals surface area contributed by atoms with E-state index in [0.717, 1.165) is 33.4 Å². The molecule has 15 heteroatoms. The van der Waals surface area contributed by atoms with Crippen LogP contribution in [0.4, 0.5) is 0 Å². The predicted molar refractivity (Wildman–Crippen MR) is 234 cm³/mol. The fraction of sp³-hybridized carbons (Fsp3) is 0.229. The van der Waals surface area contributed by atoms with E-state index in [9.17, 15) is 24.3 Å². The Bertz CT molecular complexity index is 2700. The van der Waals surface area contributed by atoms with Gasteiger partial charge in [-0.2, -0.15) is 0 Å². The average Bonchev–Trinajstić information content (AvgIpc) is 3.64. The molecule has 1 unspecified atom stereocenters. The minimum Gasteiger partial charge on any atom is -0.489 e. The van der Waals surface area contributed by atoms with Crippen LogP contribution in [0.5, 0.6) is 17.2 Å². The lowest BCUT2D eigenvalue weighted by molar-refractivity contribution is -0.142. The molecule has 5 aromatic carbocycles. The molecule has 1 aromatic heterocycles. The summed E-state index contributed by atoms with van der Waals surface area (Å²) in [4.78, 5) is 58.7. The summed E-state index contributed by atoms with van der Waals surface area (Å²) in [6.45, 7) is 3.80. The van der Waals surface area contributed by atoms with Gasteiger partial charge in [-0.3, -0.25) is 14.4 Å². The Morgan fingerprint density at radius 3 is 2.19 bits per heavy atom. The van der Waals surface area contributed by atoms with Crippen molar-refractivity contribution >= 4 is 46.9 Å². The Morgan fingerprint density at radius 1 is 0.857 bits per heavy atom. The van der Waals surface area contributed by atoms with Crippen LogP contribution < -0.4 is 24.8 Å². The van der Waals surface area contributed by atoms with Crippen molar-refractivity contribution in [3.63, 3.8) is 0 Å². The third-order valence-electron chi connectivity index (χ3n) is 11.1. The molecule has 0 saturated heterocycles. The normalized spacial score (nSPS) is 15.8. The minimum atomic E-state index is -1.30. The van der Waals surface area contributed by atoms with Gasteiger partial charge in [0.2, 0.25) is 5.91 Å². The number of carbonyl (C=O) groups is 4. The number of oxazole rings is 1. The maximum atomic E-state index is 14.2. The van der Waals surface area contributed by atoms with Crippen molar-refractivity contribution in [3.05, 3.63) is 164 Å². The molecule has 3 N–H and O–H groups in total. The van der Waals surface area contributed by atoms with Gasteiger partial charge in [-0.1, -0.05) is 77.8 Å². The van der Waals surface area contributed by atoms with Crippen LogP contribution in [-0.4, -0.2) is 64.4 Å². The van der Waals surface area contributed by atoms with Gasteiger partial charge >= 0.3 is 5.97 Å². The van der Waals surface area contributed by atoms with Gasteiger partial charge in [0.25, 0.3) is 11.8 Å². The lowest BCUT2D eigenvalue weighted by Crippen LogP contribution is -2.56. The molecule has 0 bridgehead atoms. The SMILES string of the molecule is CNC(=O)c1ccc(-c2ccc(CC(NC(=O)[C@@H]3Cc4cc5c(cc4CN3C(=O)c3nc(C)oc3C)O[C@@H](c3ccc(OCc4ccc(Cl)c(Cl)c4)cc3)CO5)C(=O)O)cc2)cc1. The van der Waals surface area contributed by atoms with Crippen LogP contribution in [0.15, 0.2) is 108 Å². The Morgan fingerprint density at radius 2 is 1.54 bits per heavy atom. The number of carbonyl (C=O) groups excluding carboxylic acids is 3. The summed E-state index contributed by atoms with van der Waals surface area (Å²) in [5, 5.41) is 16.5. The molecule has 13 nitrogen and oxygen atoms in total. The highest BCUT2D eigenvalue weighted by Crippen LogP contribution is 2.41. The number of benzene rings is 5. The molecule has 0 radical (unpaired) electrons. The van der Waals surface area contributed by atoms with Crippen LogP contribution in [0.25, 0.3) is 11.1 Å². The number of aryl methyl sites for hydroxylation is 2. The molecule has 6 aromatic rings. The summed E-state index contributed by atoms with van der Waals surface area (Å²) in [5.74, 6) is -0.362. The number of fused-ring (bicyclic) bond motifs is 2. The molecule has 0 fully saturated rings. The molecule has 0 aliphatic carbocycles. The van der Waals surface area contributed by atoms with Crippen LogP contribution in [0.3, 0.4) is 0 Å². The number of hydrogen-bond donors (Lipinski definition) is 3. The summed E-state index contributed by atoms with van der Waals surface area (Å²) >= 11 is 12.2. The second-order valence-corrected chi connectivity index (χ2v) is 16.2. The zero-order valence-corrected chi connectivity index (χ0v) is 36.0. The number of hydrogen-bond acceptors (Lipinski definition) is 9. The second-order valence-electron chi connectivity index (χ2n) is 15.3. The molecule has 8 rings (SSSR count). The number of carboxylic acids is 1. The van der Waals surface area contributed by atoms with E-state index in [2.05, 4.69) is 15.6 Å². The first-order valence-electron chi connectivity index (χ1n) is 20.1. The van der Waals surface area contributed by atoms with Crippen molar-refractivity contribution in [2.45, 2.75) is 58.0 Å². The van der Waals surface area contributed by atoms with Gasteiger partial charge in [-0.15, -0.1) is 0 Å². The Kier molecular flexibility index (Phi) is 12.4. The number of nitrogens with one attached hydrogen (secondary N) is 2. The highest BCUT2D eigenvalue weighted by atomic mass is 35.5. The predicted octanol–water partition coefficient (Wildman–Crippen LogP) is 8.10. The first kappa shape index (κ1) is 42.8. The first-order valence-corrected chi connectivity index (χ1v) is 20.9. The molecule has 2 aliphatic heterocycles. The van der Waals surface area contributed by atoms with Gasteiger partial charge in [0.15, 0.2) is 29.2 Å². The highest BCUT2D eigenvalue weighted by Gasteiger charge is 2.39. The Hall–Kier alpha value is -6.83. The fourth-order valence-corrected chi connectivity index (χ4v) is 8.02.